The normalized spacial score (nSPS) is 27.7. The Morgan fingerprint density at radius 2 is 2.15 bits per heavy atom. The molecule has 2 heteroatoms. The number of halogens is 1. The van der Waals surface area contributed by atoms with Gasteiger partial charge in [-0.25, -0.2) is 4.39 Å². The quantitative estimate of drug-likeness (QED) is 0.699. The van der Waals surface area contributed by atoms with Crippen molar-refractivity contribution in [3.8, 4) is 0 Å². The fourth-order valence-corrected chi connectivity index (χ4v) is 4.23. The van der Waals surface area contributed by atoms with Crippen molar-refractivity contribution >= 4 is 5.78 Å². The topological polar surface area (TPSA) is 17.1 Å². The number of fused-ring (bicyclic) bond motifs is 2. The van der Waals surface area contributed by atoms with Crippen LogP contribution in [-0.4, -0.2) is 5.78 Å². The van der Waals surface area contributed by atoms with Gasteiger partial charge in [-0.1, -0.05) is 38.7 Å². The number of Topliss-reactive ketones (excluding diaryl/α,β-unsaturated/α-hetero) is 1. The van der Waals surface area contributed by atoms with Crippen LogP contribution in [0.15, 0.2) is 18.2 Å². The van der Waals surface area contributed by atoms with Gasteiger partial charge < -0.3 is 0 Å². The molecule has 1 fully saturated rings. The first-order valence-corrected chi connectivity index (χ1v) is 7.99. The zero-order chi connectivity index (χ0) is 14.2. The van der Waals surface area contributed by atoms with Crippen molar-refractivity contribution in [1.82, 2.24) is 0 Å². The molecular formula is C18H23FO. The molecule has 3 aliphatic rings. The first kappa shape index (κ1) is 13.8. The highest BCUT2D eigenvalue weighted by atomic mass is 19.1. The summed E-state index contributed by atoms with van der Waals surface area (Å²) in [7, 11) is 0. The van der Waals surface area contributed by atoms with Gasteiger partial charge in [0.25, 0.3) is 0 Å². The Kier molecular flexibility index (Phi) is 3.66. The van der Waals surface area contributed by atoms with Crippen molar-refractivity contribution in [2.24, 2.45) is 0 Å². The summed E-state index contributed by atoms with van der Waals surface area (Å²) in [6, 6.07) is 5.12. The highest BCUT2D eigenvalue weighted by Gasteiger charge is 2.48. The van der Waals surface area contributed by atoms with E-state index >= 15 is 0 Å². The lowest BCUT2D eigenvalue weighted by atomic mass is 9.55. The molecule has 0 spiro atoms. The Hall–Kier alpha value is -1.18. The van der Waals surface area contributed by atoms with E-state index in [2.05, 4.69) is 6.92 Å². The summed E-state index contributed by atoms with van der Waals surface area (Å²) in [5.74, 6) is 0.105. The average molecular weight is 274 g/mol. The van der Waals surface area contributed by atoms with E-state index in [1.54, 1.807) is 12.1 Å². The van der Waals surface area contributed by atoms with Crippen LogP contribution in [0.1, 0.15) is 75.3 Å². The summed E-state index contributed by atoms with van der Waals surface area (Å²) in [6.45, 7) is 2.21. The highest BCUT2D eigenvalue weighted by molar-refractivity contribution is 5.90. The number of hydrogen-bond acceptors (Lipinski definition) is 1. The molecule has 3 aliphatic carbocycles. The monoisotopic (exact) mass is 274 g/mol. The van der Waals surface area contributed by atoms with Crippen LogP contribution in [0.2, 0.25) is 0 Å². The number of benzene rings is 1. The molecule has 108 valence electrons. The van der Waals surface area contributed by atoms with Crippen LogP contribution in [0.3, 0.4) is 0 Å². The van der Waals surface area contributed by atoms with Crippen molar-refractivity contribution in [2.75, 3.05) is 0 Å². The first-order chi connectivity index (χ1) is 9.66. The number of carbonyl (C=O) groups is 1. The van der Waals surface area contributed by atoms with Crippen LogP contribution in [0, 0.1) is 5.82 Å². The average Bonchev–Trinajstić information content (AvgIpc) is 2.44. The number of carbonyl (C=O) groups excluding carboxylic acids is 1. The van der Waals surface area contributed by atoms with Gasteiger partial charge >= 0.3 is 0 Å². The van der Waals surface area contributed by atoms with E-state index in [4.69, 9.17) is 0 Å². The van der Waals surface area contributed by atoms with Gasteiger partial charge in [0.1, 0.15) is 11.6 Å². The van der Waals surface area contributed by atoms with E-state index in [-0.39, 0.29) is 17.2 Å². The van der Waals surface area contributed by atoms with Gasteiger partial charge in [0.2, 0.25) is 0 Å². The van der Waals surface area contributed by atoms with Crippen LogP contribution in [0.4, 0.5) is 4.39 Å². The minimum absolute atomic E-state index is 0.0165. The summed E-state index contributed by atoms with van der Waals surface area (Å²) < 4.78 is 13.5. The van der Waals surface area contributed by atoms with E-state index < -0.39 is 0 Å². The predicted molar refractivity (Wildman–Crippen MR) is 78.4 cm³/mol. The minimum Gasteiger partial charge on any atom is -0.299 e. The summed E-state index contributed by atoms with van der Waals surface area (Å²) in [6.07, 6.45) is 8.72. The minimum atomic E-state index is -0.203. The Labute approximate surface area is 120 Å². The van der Waals surface area contributed by atoms with E-state index in [1.807, 2.05) is 6.07 Å². The highest BCUT2D eigenvalue weighted by Crippen LogP contribution is 2.53. The zero-order valence-electron chi connectivity index (χ0n) is 12.3. The van der Waals surface area contributed by atoms with Gasteiger partial charge in [-0.2, -0.15) is 0 Å². The van der Waals surface area contributed by atoms with Crippen molar-refractivity contribution in [2.45, 2.75) is 69.6 Å². The maximum Gasteiger partial charge on any atom is 0.141 e. The molecule has 2 unspecified atom stereocenters. The second kappa shape index (κ2) is 5.31. The third-order valence-corrected chi connectivity index (χ3v) is 5.28. The lowest BCUT2D eigenvalue weighted by Crippen LogP contribution is -2.43. The lowest BCUT2D eigenvalue weighted by Gasteiger charge is -2.47. The smallest absolute Gasteiger partial charge is 0.141 e. The molecule has 0 radical (unpaired) electrons. The van der Waals surface area contributed by atoms with Crippen LogP contribution in [0.5, 0.6) is 0 Å². The van der Waals surface area contributed by atoms with Crippen LogP contribution in [0.25, 0.3) is 0 Å². The molecular weight excluding hydrogens is 251 g/mol. The summed E-state index contributed by atoms with van der Waals surface area (Å²) in [4.78, 5) is 12.3. The molecule has 0 aliphatic heterocycles. The summed E-state index contributed by atoms with van der Waals surface area (Å²) in [5.41, 5.74) is 2.28. The van der Waals surface area contributed by atoms with E-state index in [0.717, 1.165) is 24.8 Å². The van der Waals surface area contributed by atoms with Crippen molar-refractivity contribution in [3.63, 3.8) is 0 Å². The molecule has 0 aromatic heterocycles. The standard InChI is InChI=1S/C18H23FO/c1-2-3-4-5-9-18-10-8-14(17(20)12-18)15-11-13(19)6-7-16(15)18/h6-7,11,14H,2-5,8-10,12H2,1H3. The number of ketones is 1. The second-order valence-electron chi connectivity index (χ2n) is 6.56. The molecule has 1 aromatic carbocycles. The van der Waals surface area contributed by atoms with Crippen molar-refractivity contribution in [3.05, 3.63) is 35.1 Å². The Bertz CT molecular complexity index is 522. The predicted octanol–water partition coefficient (Wildman–Crippen LogP) is 4.88. The third kappa shape index (κ3) is 2.19. The first-order valence-electron chi connectivity index (χ1n) is 7.99. The van der Waals surface area contributed by atoms with E-state index in [0.29, 0.717) is 12.2 Å². The van der Waals surface area contributed by atoms with Gasteiger partial charge in [0.15, 0.2) is 0 Å². The van der Waals surface area contributed by atoms with E-state index in [1.165, 1.54) is 31.2 Å². The number of hydrogen-bond donors (Lipinski definition) is 0. The fraction of sp³-hybridized carbons (Fsp3) is 0.611. The maximum absolute atomic E-state index is 13.5. The second-order valence-corrected chi connectivity index (χ2v) is 6.56. The summed E-state index contributed by atoms with van der Waals surface area (Å²) in [5, 5.41) is 0. The van der Waals surface area contributed by atoms with Crippen LogP contribution >= 0.6 is 0 Å². The van der Waals surface area contributed by atoms with E-state index in [9.17, 15) is 9.18 Å². The maximum atomic E-state index is 13.5. The molecule has 1 saturated carbocycles. The molecule has 4 rings (SSSR count). The molecule has 20 heavy (non-hydrogen) atoms. The Balaban J connectivity index is 1.89. The van der Waals surface area contributed by atoms with Crippen LogP contribution in [-0.2, 0) is 10.2 Å². The summed E-state index contributed by atoms with van der Waals surface area (Å²) >= 11 is 0. The molecule has 1 nitrogen and oxygen atoms in total. The molecule has 0 amide bonds. The number of unbranched alkanes of at least 4 members (excludes halogenated alkanes) is 3. The van der Waals surface area contributed by atoms with Crippen LogP contribution < -0.4 is 0 Å². The molecule has 1 aromatic rings. The van der Waals surface area contributed by atoms with Gasteiger partial charge in [-0.15, -0.1) is 0 Å². The molecule has 2 atom stereocenters. The zero-order valence-corrected chi connectivity index (χ0v) is 12.3. The van der Waals surface area contributed by atoms with Gasteiger partial charge in [-0.3, -0.25) is 4.79 Å². The molecule has 0 N–H and O–H groups in total. The lowest BCUT2D eigenvalue weighted by molar-refractivity contribution is -0.125. The number of rotatable bonds is 5. The molecule has 0 heterocycles. The van der Waals surface area contributed by atoms with Crippen molar-refractivity contribution in [1.29, 1.82) is 0 Å². The van der Waals surface area contributed by atoms with Gasteiger partial charge in [-0.05, 0) is 42.5 Å². The SMILES string of the molecule is CCCCCCC12CCC(C(=O)C1)c1cc(F)ccc12. The third-order valence-electron chi connectivity index (χ3n) is 5.28. The molecule has 2 bridgehead atoms. The largest absolute Gasteiger partial charge is 0.299 e. The Morgan fingerprint density at radius 3 is 2.90 bits per heavy atom. The van der Waals surface area contributed by atoms with Gasteiger partial charge in [0.05, 0.1) is 0 Å². The fourth-order valence-electron chi connectivity index (χ4n) is 4.23. The molecule has 0 saturated heterocycles. The Morgan fingerprint density at radius 1 is 1.30 bits per heavy atom. The van der Waals surface area contributed by atoms with Gasteiger partial charge in [0, 0.05) is 17.8 Å². The van der Waals surface area contributed by atoms with Crippen molar-refractivity contribution < 1.29 is 9.18 Å².